The quantitative estimate of drug-likeness (QED) is 0.228. The normalized spacial score (nSPS) is 13.2. The minimum atomic E-state index is -2.20. The molecule has 0 aliphatic carbocycles. The van der Waals surface area contributed by atoms with Gasteiger partial charge in [0.1, 0.15) is 0 Å². The second kappa shape index (κ2) is 12.6. The first-order valence-electron chi connectivity index (χ1n) is 10.1. The van der Waals surface area contributed by atoms with E-state index in [1.807, 2.05) is 6.20 Å². The minimum absolute atomic E-state index is 0.00274. The maximum atomic E-state index is 12.0. The van der Waals surface area contributed by atoms with Crippen molar-refractivity contribution in [2.75, 3.05) is 5.32 Å². The smallest absolute Gasteiger partial charge is 0.233 e. The van der Waals surface area contributed by atoms with Crippen LogP contribution in [0, 0.1) is 5.92 Å². The van der Waals surface area contributed by atoms with Gasteiger partial charge in [0, 0.05) is 32.1 Å². The maximum absolute atomic E-state index is 12.0. The predicted octanol–water partition coefficient (Wildman–Crippen LogP) is 2.00. The van der Waals surface area contributed by atoms with Crippen LogP contribution in [-0.4, -0.2) is 51.8 Å². The van der Waals surface area contributed by atoms with Gasteiger partial charge in [-0.1, -0.05) is 30.4 Å². The molecule has 2 unspecified atom stereocenters. The summed E-state index contributed by atoms with van der Waals surface area (Å²) in [7, 11) is 0. The summed E-state index contributed by atoms with van der Waals surface area (Å²) in [5, 5.41) is 21.2. The van der Waals surface area contributed by atoms with Crippen molar-refractivity contribution in [1.29, 1.82) is 0 Å². The van der Waals surface area contributed by atoms with Crippen molar-refractivity contribution >= 4 is 39.4 Å². The zero-order valence-corrected chi connectivity index (χ0v) is 19.5. The summed E-state index contributed by atoms with van der Waals surface area (Å²) in [6.07, 6.45) is 6.22. The molecule has 0 aromatic carbocycles. The van der Waals surface area contributed by atoms with Gasteiger partial charge in [-0.25, -0.2) is 4.21 Å². The van der Waals surface area contributed by atoms with Crippen molar-refractivity contribution in [2.45, 2.75) is 76.2 Å². The average Bonchev–Trinajstić information content (AvgIpc) is 3.33. The maximum Gasteiger partial charge on any atom is 0.233 e. The third-order valence-electron chi connectivity index (χ3n) is 4.57. The Morgan fingerprint density at radius 3 is 2.65 bits per heavy atom. The van der Waals surface area contributed by atoms with E-state index in [0.29, 0.717) is 18.8 Å². The standard InChI is InChI=1S/C18H29N7O4S2/c1-12(2)15(19-13(3)26)8-4-5-10-25-11-14(21-24-25)7-6-9-16(27)20-17-22-23-18(30-17)31(28)29/h11-12,15H,4-10H2,1-3H3,(H,19,26)(H,28,29)(H,20,22,27). The predicted molar refractivity (Wildman–Crippen MR) is 117 cm³/mol. The number of rotatable bonds is 13. The topological polar surface area (TPSA) is 152 Å². The second-order valence-corrected chi connectivity index (χ2v) is 9.66. The van der Waals surface area contributed by atoms with Crippen LogP contribution in [0.3, 0.4) is 0 Å². The molecule has 31 heavy (non-hydrogen) atoms. The van der Waals surface area contributed by atoms with Crippen molar-refractivity contribution in [3.63, 3.8) is 0 Å². The van der Waals surface area contributed by atoms with Gasteiger partial charge in [0.2, 0.25) is 32.4 Å². The van der Waals surface area contributed by atoms with Crippen LogP contribution in [0.2, 0.25) is 0 Å². The van der Waals surface area contributed by atoms with Crippen molar-refractivity contribution in [1.82, 2.24) is 30.5 Å². The second-order valence-electron chi connectivity index (χ2n) is 7.54. The first-order chi connectivity index (χ1) is 14.7. The summed E-state index contributed by atoms with van der Waals surface area (Å²) in [4.78, 5) is 23.2. The number of nitrogens with one attached hydrogen (secondary N) is 2. The summed E-state index contributed by atoms with van der Waals surface area (Å²) in [5.74, 6) is 0.160. The Bertz CT molecular complexity index is 884. The number of hydrogen-bond donors (Lipinski definition) is 3. The van der Waals surface area contributed by atoms with Gasteiger partial charge in [0.05, 0.1) is 5.69 Å². The molecule has 3 N–H and O–H groups in total. The number of aromatic nitrogens is 5. The zero-order valence-electron chi connectivity index (χ0n) is 17.9. The Morgan fingerprint density at radius 1 is 1.23 bits per heavy atom. The number of carbonyl (C=O) groups excluding carboxylic acids is 2. The lowest BCUT2D eigenvalue weighted by Gasteiger charge is -2.21. The zero-order chi connectivity index (χ0) is 22.8. The van der Waals surface area contributed by atoms with Gasteiger partial charge < -0.3 is 15.2 Å². The van der Waals surface area contributed by atoms with Gasteiger partial charge >= 0.3 is 0 Å². The fourth-order valence-electron chi connectivity index (χ4n) is 2.98. The summed E-state index contributed by atoms with van der Waals surface area (Å²) >= 11 is -1.34. The van der Waals surface area contributed by atoms with E-state index >= 15 is 0 Å². The van der Waals surface area contributed by atoms with Crippen molar-refractivity contribution < 1.29 is 18.4 Å². The van der Waals surface area contributed by atoms with E-state index in [-0.39, 0.29) is 33.7 Å². The van der Waals surface area contributed by atoms with Gasteiger partial charge in [-0.15, -0.1) is 15.3 Å². The van der Waals surface area contributed by atoms with E-state index in [9.17, 15) is 13.8 Å². The molecular weight excluding hydrogens is 442 g/mol. The van der Waals surface area contributed by atoms with Crippen LogP contribution < -0.4 is 10.6 Å². The number of hydrogen-bond acceptors (Lipinski definition) is 8. The van der Waals surface area contributed by atoms with Gasteiger partial charge in [-0.05, 0) is 38.0 Å². The summed E-state index contributed by atoms with van der Waals surface area (Å²) < 4.78 is 21.6. The highest BCUT2D eigenvalue weighted by atomic mass is 32.2. The molecule has 2 aromatic heterocycles. The highest BCUT2D eigenvalue weighted by Crippen LogP contribution is 2.18. The summed E-state index contributed by atoms with van der Waals surface area (Å²) in [5.41, 5.74) is 0.819. The number of aryl methyl sites for hydroxylation is 2. The van der Waals surface area contributed by atoms with Gasteiger partial charge in [-0.3, -0.25) is 14.3 Å². The van der Waals surface area contributed by atoms with E-state index in [1.165, 1.54) is 0 Å². The van der Waals surface area contributed by atoms with E-state index in [0.717, 1.165) is 42.8 Å². The largest absolute Gasteiger partial charge is 0.353 e. The number of amides is 2. The summed E-state index contributed by atoms with van der Waals surface area (Å²) in [6.45, 7) is 6.51. The van der Waals surface area contributed by atoms with Crippen LogP contribution in [0.25, 0.3) is 0 Å². The number of nitrogens with zero attached hydrogens (tertiary/aromatic N) is 5. The third kappa shape index (κ3) is 9.19. The van der Waals surface area contributed by atoms with E-state index in [4.69, 9.17) is 4.55 Å². The molecule has 2 atom stereocenters. The lowest BCUT2D eigenvalue weighted by Crippen LogP contribution is -2.37. The van der Waals surface area contributed by atoms with Crippen LogP contribution in [0.4, 0.5) is 5.13 Å². The number of unbranched alkanes of at least 4 members (excludes halogenated alkanes) is 1. The van der Waals surface area contributed by atoms with Crippen LogP contribution in [0.15, 0.2) is 10.5 Å². The van der Waals surface area contributed by atoms with Crippen molar-refractivity contribution in [3.8, 4) is 0 Å². The monoisotopic (exact) mass is 471 g/mol. The average molecular weight is 472 g/mol. The Kier molecular flexibility index (Phi) is 10.1. The van der Waals surface area contributed by atoms with Crippen LogP contribution in [0.5, 0.6) is 0 Å². The molecule has 0 saturated carbocycles. The fraction of sp³-hybridized carbons (Fsp3) is 0.667. The Labute approximate surface area is 187 Å². The van der Waals surface area contributed by atoms with E-state index in [2.05, 4.69) is 45.0 Å². The molecular formula is C18H29N7O4S2. The Morgan fingerprint density at radius 2 is 2.00 bits per heavy atom. The van der Waals surface area contributed by atoms with Crippen molar-refractivity contribution in [3.05, 3.63) is 11.9 Å². The molecule has 2 heterocycles. The molecule has 2 amide bonds. The third-order valence-corrected chi connectivity index (χ3v) is 6.26. The lowest BCUT2D eigenvalue weighted by atomic mass is 9.98. The minimum Gasteiger partial charge on any atom is -0.353 e. The number of carbonyl (C=O) groups is 2. The van der Waals surface area contributed by atoms with Gasteiger partial charge in [0.25, 0.3) is 0 Å². The summed E-state index contributed by atoms with van der Waals surface area (Å²) in [6, 6.07) is 0.187. The van der Waals surface area contributed by atoms with Crippen LogP contribution in [0.1, 0.15) is 58.6 Å². The molecule has 11 nitrogen and oxygen atoms in total. The highest BCUT2D eigenvalue weighted by molar-refractivity contribution is 7.81. The molecule has 0 aliphatic heterocycles. The van der Waals surface area contributed by atoms with Gasteiger partial charge in [0.15, 0.2) is 0 Å². The van der Waals surface area contributed by atoms with E-state index < -0.39 is 11.1 Å². The molecule has 0 saturated heterocycles. The molecule has 0 fully saturated rings. The van der Waals surface area contributed by atoms with Crippen LogP contribution in [-0.2, 0) is 33.6 Å². The van der Waals surface area contributed by atoms with E-state index in [1.54, 1.807) is 11.6 Å². The molecule has 0 spiro atoms. The molecule has 2 aromatic rings. The fourth-order valence-corrected chi connectivity index (χ4v) is 4.10. The van der Waals surface area contributed by atoms with Crippen molar-refractivity contribution in [2.24, 2.45) is 5.92 Å². The molecule has 13 heteroatoms. The highest BCUT2D eigenvalue weighted by Gasteiger charge is 2.14. The number of anilines is 1. The van der Waals surface area contributed by atoms with Crippen LogP contribution >= 0.6 is 11.3 Å². The lowest BCUT2D eigenvalue weighted by molar-refractivity contribution is -0.120. The first kappa shape index (κ1) is 25.0. The Hall–Kier alpha value is -2.25. The first-order valence-corrected chi connectivity index (χ1v) is 12.1. The molecule has 0 aliphatic rings. The SMILES string of the molecule is CC(=O)NC(CCCCn1cc(CCCC(=O)Nc2nnc(S(=O)O)s2)nn1)C(C)C. The Balaban J connectivity index is 1.65. The molecule has 2 rings (SSSR count). The molecule has 172 valence electrons. The molecule has 0 radical (unpaired) electrons. The van der Waals surface area contributed by atoms with Gasteiger partial charge in [-0.2, -0.15) is 0 Å². The molecule has 0 bridgehead atoms.